The van der Waals surface area contributed by atoms with Gasteiger partial charge in [0, 0.05) is 0 Å². The van der Waals surface area contributed by atoms with Gasteiger partial charge in [0.1, 0.15) is 0 Å². The Morgan fingerprint density at radius 1 is 0.708 bits per heavy atom. The Kier molecular flexibility index (Phi) is 16.8. The van der Waals surface area contributed by atoms with Gasteiger partial charge < -0.3 is 0 Å². The van der Waals surface area contributed by atoms with Crippen molar-refractivity contribution in [1.82, 2.24) is 0 Å². The van der Waals surface area contributed by atoms with E-state index in [1.807, 2.05) is 0 Å². The first kappa shape index (κ1) is 24.2. The van der Waals surface area contributed by atoms with Gasteiger partial charge in [-0.2, -0.15) is 0 Å². The Morgan fingerprint density at radius 2 is 1.25 bits per heavy atom. The summed E-state index contributed by atoms with van der Waals surface area (Å²) >= 11 is -3.22. The van der Waals surface area contributed by atoms with Crippen molar-refractivity contribution in [2.75, 3.05) is 6.61 Å². The zero-order valence-electron chi connectivity index (χ0n) is 16.8. The summed E-state index contributed by atoms with van der Waals surface area (Å²) in [6.07, 6.45) is 13.2. The molecule has 144 valence electrons. The first-order valence-electron chi connectivity index (χ1n) is 10.5. The van der Waals surface area contributed by atoms with Crippen molar-refractivity contribution >= 4 is 25.2 Å². The molecule has 3 nitrogen and oxygen atoms in total. The fraction of sp³-hybridized carbons (Fsp3) is 0.950. The molecule has 0 saturated carbocycles. The third-order valence-electron chi connectivity index (χ3n) is 4.47. The van der Waals surface area contributed by atoms with Crippen LogP contribution in [-0.2, 0) is 10.9 Å². The monoisotopic (exact) mass is 450 g/mol. The average Bonchev–Trinajstić information content (AvgIpc) is 2.58. The fourth-order valence-corrected chi connectivity index (χ4v) is 13.2. The van der Waals surface area contributed by atoms with Crippen molar-refractivity contribution in [3.8, 4) is 0 Å². The van der Waals surface area contributed by atoms with Gasteiger partial charge in [-0.05, 0) is 0 Å². The van der Waals surface area contributed by atoms with Crippen LogP contribution in [0.2, 0.25) is 8.87 Å². The third-order valence-corrected chi connectivity index (χ3v) is 14.6. The van der Waals surface area contributed by atoms with Crippen LogP contribution in [0.1, 0.15) is 105 Å². The summed E-state index contributed by atoms with van der Waals surface area (Å²) in [5.74, 6) is 0.0194. The maximum atomic E-state index is 12.4. The van der Waals surface area contributed by atoms with Crippen LogP contribution in [0.15, 0.2) is 0 Å². The molecular weight excluding hydrogens is 407 g/mol. The molecule has 0 rings (SSSR count). The summed E-state index contributed by atoms with van der Waals surface area (Å²) in [7, 11) is 0. The Bertz CT molecular complexity index is 287. The van der Waals surface area contributed by atoms with E-state index < -0.39 is 19.2 Å². The number of hydrogen-bond donors (Lipinski definition) is 0. The third kappa shape index (κ3) is 12.6. The second-order valence-electron chi connectivity index (χ2n) is 6.96. The van der Waals surface area contributed by atoms with E-state index >= 15 is 0 Å². The van der Waals surface area contributed by atoms with Crippen LogP contribution in [0.4, 0.5) is 0 Å². The average molecular weight is 449 g/mol. The molecule has 0 amide bonds. The van der Waals surface area contributed by atoms with Gasteiger partial charge in [-0.1, -0.05) is 0 Å². The zero-order valence-corrected chi connectivity index (χ0v) is 19.7. The summed E-state index contributed by atoms with van der Waals surface area (Å²) in [6, 6.07) is 0. The van der Waals surface area contributed by atoms with E-state index in [9.17, 15) is 4.79 Å². The molecule has 0 atom stereocenters. The van der Waals surface area contributed by atoms with Crippen LogP contribution < -0.4 is 0 Å². The molecule has 0 radical (unpaired) electrons. The molecule has 4 heteroatoms. The van der Waals surface area contributed by atoms with Crippen LogP contribution in [-0.4, -0.2) is 31.8 Å². The standard InChI is InChI=1S/C8H16O2.C4H9O.2C4H9.Sn/c1-2-3-4-5-6-7-8(9)10;1-2-3-4-5;2*1-3-4-2;/h2-7H2,1H3,(H,9,10);2-4H2,1H3;2*1,3-4H2,2H3;/q;-1;;;+2/p-1. The van der Waals surface area contributed by atoms with Crippen molar-refractivity contribution < 1.29 is 10.9 Å². The molecule has 0 bridgehead atoms. The van der Waals surface area contributed by atoms with Crippen LogP contribution in [0.5, 0.6) is 0 Å². The Morgan fingerprint density at radius 3 is 1.79 bits per heavy atom. The first-order chi connectivity index (χ1) is 11.6. The minimum absolute atomic E-state index is 0.0194. The Hall–Kier alpha value is 0.229. The number of rotatable bonds is 17. The Balaban J connectivity index is 4.57. The normalized spacial score (nSPS) is 11.7. The molecule has 0 heterocycles. The molecule has 0 unspecified atom stereocenters. The maximum absolute atomic E-state index is 12.4. The van der Waals surface area contributed by atoms with Gasteiger partial charge in [-0.3, -0.25) is 0 Å². The molecule has 0 aliphatic rings. The molecule has 0 N–H and O–H groups in total. The predicted molar refractivity (Wildman–Crippen MR) is 106 cm³/mol. The molecule has 0 saturated heterocycles. The molecule has 0 aromatic rings. The van der Waals surface area contributed by atoms with E-state index in [2.05, 4.69) is 27.7 Å². The van der Waals surface area contributed by atoms with E-state index in [1.54, 1.807) is 0 Å². The van der Waals surface area contributed by atoms with Crippen LogP contribution in [0, 0.1) is 0 Å². The SMILES string of the molecule is CCCCCCCC(=O)[O][Sn]([CH2]CCC)([CH2]CCC)[O]CCCC. The molecule has 0 aromatic carbocycles. The van der Waals surface area contributed by atoms with Crippen molar-refractivity contribution in [2.45, 2.75) is 114 Å². The van der Waals surface area contributed by atoms with E-state index in [0.717, 1.165) is 66.8 Å². The zero-order chi connectivity index (χ0) is 18.1. The number of unbranched alkanes of at least 4 members (excludes halogenated alkanes) is 7. The van der Waals surface area contributed by atoms with Crippen LogP contribution >= 0.6 is 0 Å². The van der Waals surface area contributed by atoms with Gasteiger partial charge in [0.05, 0.1) is 0 Å². The van der Waals surface area contributed by atoms with Crippen molar-refractivity contribution in [3.05, 3.63) is 0 Å². The van der Waals surface area contributed by atoms with Gasteiger partial charge in [-0.15, -0.1) is 0 Å². The van der Waals surface area contributed by atoms with Crippen molar-refractivity contribution in [2.24, 2.45) is 0 Å². The summed E-state index contributed by atoms with van der Waals surface area (Å²) in [6.45, 7) is 9.59. The second kappa shape index (κ2) is 16.7. The van der Waals surface area contributed by atoms with Crippen molar-refractivity contribution in [1.29, 1.82) is 0 Å². The van der Waals surface area contributed by atoms with Crippen LogP contribution in [0.3, 0.4) is 0 Å². The summed E-state index contributed by atoms with van der Waals surface area (Å²) in [4.78, 5) is 12.4. The summed E-state index contributed by atoms with van der Waals surface area (Å²) < 4.78 is 14.6. The molecule has 0 spiro atoms. The predicted octanol–water partition coefficient (Wildman–Crippen LogP) is 6.75. The Labute approximate surface area is 156 Å². The van der Waals surface area contributed by atoms with Gasteiger partial charge in [0.15, 0.2) is 0 Å². The number of carbonyl (C=O) groups excluding carboxylic acids is 1. The molecule has 0 aromatic heterocycles. The van der Waals surface area contributed by atoms with E-state index in [4.69, 9.17) is 6.15 Å². The summed E-state index contributed by atoms with van der Waals surface area (Å²) in [5.41, 5.74) is 0. The summed E-state index contributed by atoms with van der Waals surface area (Å²) in [5, 5.41) is 0. The van der Waals surface area contributed by atoms with Crippen molar-refractivity contribution in [3.63, 3.8) is 0 Å². The fourth-order valence-electron chi connectivity index (χ4n) is 2.83. The second-order valence-corrected chi connectivity index (χ2v) is 16.4. The van der Waals surface area contributed by atoms with E-state index in [0.29, 0.717) is 6.42 Å². The molecule has 0 fully saturated rings. The quantitative estimate of drug-likeness (QED) is 0.182. The molecule has 0 aliphatic heterocycles. The first-order valence-corrected chi connectivity index (χ1v) is 16.9. The number of carbonyl (C=O) groups is 1. The van der Waals surface area contributed by atoms with Gasteiger partial charge in [0.2, 0.25) is 0 Å². The molecule has 0 aliphatic carbocycles. The van der Waals surface area contributed by atoms with Gasteiger partial charge in [0.25, 0.3) is 0 Å². The van der Waals surface area contributed by atoms with E-state index in [1.165, 1.54) is 19.3 Å². The van der Waals surface area contributed by atoms with E-state index in [-0.39, 0.29) is 5.97 Å². The van der Waals surface area contributed by atoms with Crippen LogP contribution in [0.25, 0.3) is 0 Å². The topological polar surface area (TPSA) is 35.5 Å². The molecular formula is C20H42O3Sn. The number of hydrogen-bond acceptors (Lipinski definition) is 3. The molecule has 24 heavy (non-hydrogen) atoms. The van der Waals surface area contributed by atoms with Gasteiger partial charge >= 0.3 is 156 Å². The minimum atomic E-state index is -3.22. The van der Waals surface area contributed by atoms with Gasteiger partial charge in [-0.25, -0.2) is 0 Å².